The number of benzene rings is 1. The quantitative estimate of drug-likeness (QED) is 0.821. The lowest BCUT2D eigenvalue weighted by Crippen LogP contribution is -2.48. The van der Waals surface area contributed by atoms with E-state index >= 15 is 0 Å². The SMILES string of the molecule is CC(C)C1(C)NC(=O)N(CC(=O)Nc2cccc(C#N)c2)C1=O. The molecule has 0 bridgehead atoms. The number of hydrogen-bond donors (Lipinski definition) is 2. The monoisotopic (exact) mass is 314 g/mol. The largest absolute Gasteiger partial charge is 0.325 e. The average Bonchev–Trinajstić information content (AvgIpc) is 2.72. The van der Waals surface area contributed by atoms with Crippen LogP contribution in [0.1, 0.15) is 26.3 Å². The molecule has 2 rings (SSSR count). The van der Waals surface area contributed by atoms with Gasteiger partial charge in [-0.15, -0.1) is 0 Å². The van der Waals surface area contributed by atoms with Crippen LogP contribution in [0.3, 0.4) is 0 Å². The molecule has 1 aliphatic rings. The Balaban J connectivity index is 2.07. The summed E-state index contributed by atoms with van der Waals surface area (Å²) in [6, 6.07) is 7.79. The van der Waals surface area contributed by atoms with E-state index in [9.17, 15) is 14.4 Å². The molecule has 1 aromatic rings. The van der Waals surface area contributed by atoms with Crippen LogP contribution in [0.25, 0.3) is 0 Å². The highest BCUT2D eigenvalue weighted by Gasteiger charge is 2.50. The Kier molecular flexibility index (Phi) is 4.36. The number of nitriles is 1. The number of imide groups is 1. The van der Waals surface area contributed by atoms with Gasteiger partial charge >= 0.3 is 6.03 Å². The van der Waals surface area contributed by atoms with Gasteiger partial charge in [0.15, 0.2) is 0 Å². The third-order valence-electron chi connectivity index (χ3n) is 4.03. The highest BCUT2D eigenvalue weighted by Crippen LogP contribution is 2.25. The fourth-order valence-electron chi connectivity index (χ4n) is 2.26. The summed E-state index contributed by atoms with van der Waals surface area (Å²) in [4.78, 5) is 37.3. The van der Waals surface area contributed by atoms with E-state index in [0.717, 1.165) is 4.90 Å². The minimum absolute atomic E-state index is 0.0979. The Hall–Kier alpha value is -2.88. The molecule has 1 saturated heterocycles. The van der Waals surface area contributed by atoms with Crippen molar-refractivity contribution in [2.24, 2.45) is 5.92 Å². The van der Waals surface area contributed by atoms with Gasteiger partial charge in [-0.1, -0.05) is 19.9 Å². The fourth-order valence-corrected chi connectivity index (χ4v) is 2.26. The predicted molar refractivity (Wildman–Crippen MR) is 83.3 cm³/mol. The van der Waals surface area contributed by atoms with Gasteiger partial charge < -0.3 is 10.6 Å². The number of carbonyl (C=O) groups is 3. The molecule has 0 aromatic heterocycles. The Labute approximate surface area is 134 Å². The first-order valence-electron chi connectivity index (χ1n) is 7.22. The maximum atomic E-state index is 12.4. The van der Waals surface area contributed by atoms with Crippen molar-refractivity contribution < 1.29 is 14.4 Å². The van der Waals surface area contributed by atoms with Gasteiger partial charge in [-0.05, 0) is 31.0 Å². The number of rotatable bonds is 4. The number of nitrogens with zero attached hydrogens (tertiary/aromatic N) is 2. The minimum Gasteiger partial charge on any atom is -0.324 e. The number of nitrogens with one attached hydrogen (secondary N) is 2. The number of amides is 4. The molecule has 7 nitrogen and oxygen atoms in total. The van der Waals surface area contributed by atoms with Gasteiger partial charge in [0.25, 0.3) is 5.91 Å². The normalized spacial score (nSPS) is 20.4. The molecule has 1 atom stereocenters. The summed E-state index contributed by atoms with van der Waals surface area (Å²) in [6.45, 7) is 4.93. The summed E-state index contributed by atoms with van der Waals surface area (Å²) >= 11 is 0. The molecule has 0 saturated carbocycles. The maximum Gasteiger partial charge on any atom is 0.325 e. The molecule has 0 radical (unpaired) electrons. The number of carbonyl (C=O) groups excluding carboxylic acids is 3. The molecule has 1 unspecified atom stereocenters. The number of hydrogen-bond acceptors (Lipinski definition) is 4. The average molecular weight is 314 g/mol. The van der Waals surface area contributed by atoms with Crippen LogP contribution >= 0.6 is 0 Å². The summed E-state index contributed by atoms with van der Waals surface area (Å²) in [6.07, 6.45) is 0. The second kappa shape index (κ2) is 6.08. The van der Waals surface area contributed by atoms with E-state index in [2.05, 4.69) is 10.6 Å². The summed E-state index contributed by atoms with van der Waals surface area (Å²) in [5.74, 6) is -1.02. The van der Waals surface area contributed by atoms with Crippen molar-refractivity contribution in [2.75, 3.05) is 11.9 Å². The second-order valence-corrected chi connectivity index (χ2v) is 5.92. The van der Waals surface area contributed by atoms with Crippen molar-refractivity contribution in [1.29, 1.82) is 5.26 Å². The van der Waals surface area contributed by atoms with Crippen LogP contribution in [0.4, 0.5) is 10.5 Å². The predicted octanol–water partition coefficient (Wildman–Crippen LogP) is 1.46. The smallest absolute Gasteiger partial charge is 0.324 e. The molecule has 1 aliphatic heterocycles. The first kappa shape index (κ1) is 16.5. The fraction of sp³-hybridized carbons (Fsp3) is 0.375. The molecule has 23 heavy (non-hydrogen) atoms. The van der Waals surface area contributed by atoms with Crippen LogP contribution in [-0.2, 0) is 9.59 Å². The molecule has 1 fully saturated rings. The zero-order valence-electron chi connectivity index (χ0n) is 13.2. The minimum atomic E-state index is -1.00. The van der Waals surface area contributed by atoms with Crippen LogP contribution in [0.15, 0.2) is 24.3 Å². The second-order valence-electron chi connectivity index (χ2n) is 5.92. The van der Waals surface area contributed by atoms with E-state index < -0.39 is 23.4 Å². The number of urea groups is 1. The summed E-state index contributed by atoms with van der Waals surface area (Å²) in [5, 5.41) is 14.0. The number of anilines is 1. The van der Waals surface area contributed by atoms with Gasteiger partial charge in [0.05, 0.1) is 11.6 Å². The van der Waals surface area contributed by atoms with Crippen molar-refractivity contribution in [3.8, 4) is 6.07 Å². The van der Waals surface area contributed by atoms with Crippen molar-refractivity contribution >= 4 is 23.5 Å². The summed E-state index contributed by atoms with van der Waals surface area (Å²) in [7, 11) is 0. The molecular weight excluding hydrogens is 296 g/mol. The highest BCUT2D eigenvalue weighted by atomic mass is 16.2. The molecule has 0 spiro atoms. The third-order valence-corrected chi connectivity index (χ3v) is 4.03. The lowest BCUT2D eigenvalue weighted by molar-refractivity contribution is -0.134. The van der Waals surface area contributed by atoms with Crippen molar-refractivity contribution in [1.82, 2.24) is 10.2 Å². The molecule has 7 heteroatoms. The van der Waals surface area contributed by atoms with Gasteiger partial charge in [-0.3, -0.25) is 14.5 Å². The Morgan fingerprint density at radius 2 is 2.13 bits per heavy atom. The lowest BCUT2D eigenvalue weighted by atomic mass is 9.88. The van der Waals surface area contributed by atoms with Gasteiger partial charge in [-0.25, -0.2) is 4.79 Å². The lowest BCUT2D eigenvalue weighted by Gasteiger charge is -2.25. The van der Waals surface area contributed by atoms with Crippen LogP contribution in [-0.4, -0.2) is 34.8 Å². The zero-order valence-corrected chi connectivity index (χ0v) is 13.2. The van der Waals surface area contributed by atoms with E-state index in [1.54, 1.807) is 25.1 Å². The van der Waals surface area contributed by atoms with E-state index in [0.29, 0.717) is 11.3 Å². The van der Waals surface area contributed by atoms with E-state index in [1.807, 2.05) is 19.9 Å². The first-order chi connectivity index (χ1) is 10.8. The first-order valence-corrected chi connectivity index (χ1v) is 7.22. The van der Waals surface area contributed by atoms with Crippen LogP contribution in [0.2, 0.25) is 0 Å². The maximum absolute atomic E-state index is 12.4. The summed E-state index contributed by atoms with van der Waals surface area (Å²) in [5.41, 5.74) is -0.157. The van der Waals surface area contributed by atoms with E-state index in [1.165, 1.54) is 6.07 Å². The Morgan fingerprint density at radius 1 is 1.43 bits per heavy atom. The summed E-state index contributed by atoms with van der Waals surface area (Å²) < 4.78 is 0. The molecule has 4 amide bonds. The molecule has 1 aromatic carbocycles. The Morgan fingerprint density at radius 3 is 2.70 bits per heavy atom. The molecule has 2 N–H and O–H groups in total. The van der Waals surface area contributed by atoms with Gasteiger partial charge in [-0.2, -0.15) is 5.26 Å². The van der Waals surface area contributed by atoms with E-state index in [4.69, 9.17) is 5.26 Å². The van der Waals surface area contributed by atoms with Crippen molar-refractivity contribution in [3.05, 3.63) is 29.8 Å². The third kappa shape index (κ3) is 3.16. The van der Waals surface area contributed by atoms with E-state index in [-0.39, 0.29) is 12.5 Å². The van der Waals surface area contributed by atoms with Crippen LogP contribution in [0.5, 0.6) is 0 Å². The molecule has 120 valence electrons. The van der Waals surface area contributed by atoms with Crippen molar-refractivity contribution in [2.45, 2.75) is 26.3 Å². The van der Waals surface area contributed by atoms with Gasteiger partial charge in [0, 0.05) is 5.69 Å². The van der Waals surface area contributed by atoms with Crippen molar-refractivity contribution in [3.63, 3.8) is 0 Å². The molecular formula is C16H18N4O3. The Bertz CT molecular complexity index is 708. The molecule has 1 heterocycles. The standard InChI is InChI=1S/C16H18N4O3/c1-10(2)16(3)14(22)20(15(23)19-16)9-13(21)18-12-6-4-5-11(7-12)8-17/h4-7,10H,9H2,1-3H3,(H,18,21)(H,19,23). The highest BCUT2D eigenvalue weighted by molar-refractivity contribution is 6.10. The zero-order chi connectivity index (χ0) is 17.2. The molecule has 0 aliphatic carbocycles. The van der Waals surface area contributed by atoms with Crippen LogP contribution in [0, 0.1) is 17.2 Å². The van der Waals surface area contributed by atoms with Gasteiger partial charge in [0.1, 0.15) is 12.1 Å². The van der Waals surface area contributed by atoms with Gasteiger partial charge in [0.2, 0.25) is 5.91 Å². The van der Waals surface area contributed by atoms with Crippen LogP contribution < -0.4 is 10.6 Å². The topological polar surface area (TPSA) is 102 Å².